The van der Waals surface area contributed by atoms with E-state index in [0.29, 0.717) is 23.9 Å². The molecule has 2 amide bonds. The molecule has 0 aromatic carbocycles. The van der Waals surface area contributed by atoms with Crippen molar-refractivity contribution in [2.24, 2.45) is 0 Å². The second-order valence-electron chi connectivity index (χ2n) is 4.83. The minimum Gasteiger partial charge on any atom is -0.466 e. The van der Waals surface area contributed by atoms with Crippen molar-refractivity contribution in [3.05, 3.63) is 20.1 Å². The van der Waals surface area contributed by atoms with Crippen LogP contribution in [0.1, 0.15) is 27.2 Å². The Morgan fingerprint density at radius 3 is 2.25 bits per heavy atom. The molecule has 0 atom stereocenters. The number of thiocarbonyl (C=S) groups is 1. The molecule has 0 radical (unpaired) electrons. The molecule has 0 spiro atoms. The topological polar surface area (TPSA) is 66.9 Å². The Bertz CT molecular complexity index is 629. The van der Waals surface area contributed by atoms with Crippen LogP contribution in [-0.4, -0.2) is 52.4 Å². The number of ether oxygens (including phenoxy) is 1. The third kappa shape index (κ3) is 3.68. The van der Waals surface area contributed by atoms with Crippen LogP contribution in [0.3, 0.4) is 0 Å². The first-order chi connectivity index (χ1) is 11.4. The van der Waals surface area contributed by atoms with E-state index in [1.165, 1.54) is 33.3 Å². The van der Waals surface area contributed by atoms with Gasteiger partial charge >= 0.3 is 5.97 Å². The number of esters is 1. The van der Waals surface area contributed by atoms with Crippen molar-refractivity contribution in [2.75, 3.05) is 19.7 Å². The van der Waals surface area contributed by atoms with Gasteiger partial charge in [-0.2, -0.15) is 0 Å². The lowest BCUT2D eigenvalue weighted by molar-refractivity contribution is -0.142. The molecule has 6 nitrogen and oxygen atoms in total. The number of thioether (sulfide) groups is 2. The molecule has 2 heterocycles. The molecule has 0 N–H and O–H groups in total. The predicted octanol–water partition coefficient (Wildman–Crippen LogP) is 2.47. The van der Waals surface area contributed by atoms with E-state index < -0.39 is 0 Å². The molecule has 0 aliphatic carbocycles. The fourth-order valence-corrected chi connectivity index (χ4v) is 4.98. The molecule has 2 aliphatic rings. The number of carbonyl (C=O) groups excluding carboxylic acids is 3. The van der Waals surface area contributed by atoms with E-state index in [9.17, 15) is 14.4 Å². The third-order valence-corrected chi connectivity index (χ3v) is 6.22. The highest BCUT2D eigenvalue weighted by atomic mass is 32.2. The molecular weight excluding hydrogens is 368 g/mol. The van der Waals surface area contributed by atoms with E-state index >= 15 is 0 Å². The van der Waals surface area contributed by atoms with Crippen LogP contribution in [0.4, 0.5) is 0 Å². The van der Waals surface area contributed by atoms with Gasteiger partial charge in [0.05, 0.1) is 17.3 Å². The molecule has 0 saturated carbocycles. The van der Waals surface area contributed by atoms with E-state index in [4.69, 9.17) is 17.0 Å². The van der Waals surface area contributed by atoms with Gasteiger partial charge in [-0.05, 0) is 38.4 Å². The first-order valence-electron chi connectivity index (χ1n) is 7.55. The Morgan fingerprint density at radius 1 is 1.17 bits per heavy atom. The van der Waals surface area contributed by atoms with E-state index in [2.05, 4.69) is 0 Å². The molecule has 2 rings (SSSR count). The summed E-state index contributed by atoms with van der Waals surface area (Å²) in [5.41, 5.74) is 0.123. The summed E-state index contributed by atoms with van der Waals surface area (Å²) in [6, 6.07) is 0. The second kappa shape index (κ2) is 8.17. The maximum atomic E-state index is 12.6. The van der Waals surface area contributed by atoms with Crippen molar-refractivity contribution < 1.29 is 19.1 Å². The number of hydrogen-bond donors (Lipinski definition) is 0. The van der Waals surface area contributed by atoms with E-state index in [0.717, 1.165) is 4.91 Å². The quantitative estimate of drug-likeness (QED) is 0.311. The zero-order valence-corrected chi connectivity index (χ0v) is 16.1. The van der Waals surface area contributed by atoms with Gasteiger partial charge in [0.2, 0.25) is 0 Å². The number of hydrogen-bond acceptors (Lipinski definition) is 7. The SMILES string of the molecule is CCOC(=O)CC1=CSC(=C2C(=O)N(CC)C(=S)N(CC)C2=O)S1. The summed E-state index contributed by atoms with van der Waals surface area (Å²) in [6.45, 7) is 6.50. The predicted molar refractivity (Wildman–Crippen MR) is 98.9 cm³/mol. The van der Waals surface area contributed by atoms with Gasteiger partial charge in [0, 0.05) is 18.0 Å². The molecule has 0 bridgehead atoms. The monoisotopic (exact) mass is 386 g/mol. The summed E-state index contributed by atoms with van der Waals surface area (Å²) in [6.07, 6.45) is 0.137. The number of carbonyl (C=O) groups is 3. The van der Waals surface area contributed by atoms with E-state index in [-0.39, 0.29) is 34.9 Å². The van der Waals surface area contributed by atoms with Gasteiger partial charge in [0.1, 0.15) is 5.57 Å². The van der Waals surface area contributed by atoms with Crippen molar-refractivity contribution >= 4 is 58.6 Å². The van der Waals surface area contributed by atoms with E-state index in [1.807, 2.05) is 13.8 Å². The van der Waals surface area contributed by atoms with Gasteiger partial charge in [-0.1, -0.05) is 23.5 Å². The zero-order chi connectivity index (χ0) is 17.9. The Hall–Kier alpha value is -1.32. The van der Waals surface area contributed by atoms with Gasteiger partial charge in [0.15, 0.2) is 5.11 Å². The summed E-state index contributed by atoms with van der Waals surface area (Å²) in [7, 11) is 0. The Balaban J connectivity index is 2.25. The molecule has 1 saturated heterocycles. The number of amides is 2. The highest BCUT2D eigenvalue weighted by Crippen LogP contribution is 2.47. The fraction of sp³-hybridized carbons (Fsp3) is 0.467. The highest BCUT2D eigenvalue weighted by Gasteiger charge is 2.41. The average molecular weight is 387 g/mol. The van der Waals surface area contributed by atoms with Crippen molar-refractivity contribution in [3.63, 3.8) is 0 Å². The van der Waals surface area contributed by atoms with Crippen molar-refractivity contribution in [1.29, 1.82) is 0 Å². The smallest absolute Gasteiger partial charge is 0.310 e. The molecule has 130 valence electrons. The van der Waals surface area contributed by atoms with Crippen LogP contribution in [0, 0.1) is 0 Å². The summed E-state index contributed by atoms with van der Waals surface area (Å²) in [4.78, 5) is 40.5. The lowest BCUT2D eigenvalue weighted by Crippen LogP contribution is -2.56. The first-order valence-corrected chi connectivity index (χ1v) is 9.66. The van der Waals surface area contributed by atoms with Crippen LogP contribution in [-0.2, 0) is 19.1 Å². The van der Waals surface area contributed by atoms with Crippen LogP contribution in [0.2, 0.25) is 0 Å². The van der Waals surface area contributed by atoms with Crippen LogP contribution in [0.5, 0.6) is 0 Å². The van der Waals surface area contributed by atoms with Crippen LogP contribution in [0.25, 0.3) is 0 Å². The summed E-state index contributed by atoms with van der Waals surface area (Å²) < 4.78 is 5.51. The fourth-order valence-electron chi connectivity index (χ4n) is 2.24. The Morgan fingerprint density at radius 2 is 1.75 bits per heavy atom. The lowest BCUT2D eigenvalue weighted by Gasteiger charge is -2.35. The summed E-state index contributed by atoms with van der Waals surface area (Å²) >= 11 is 7.79. The minimum atomic E-state index is -0.377. The van der Waals surface area contributed by atoms with Gasteiger partial charge in [-0.3, -0.25) is 24.2 Å². The number of nitrogens with zero attached hydrogens (tertiary/aromatic N) is 2. The minimum absolute atomic E-state index is 0.123. The van der Waals surface area contributed by atoms with Crippen molar-refractivity contribution in [2.45, 2.75) is 27.2 Å². The van der Waals surface area contributed by atoms with Gasteiger partial charge in [-0.15, -0.1) is 0 Å². The summed E-state index contributed by atoms with van der Waals surface area (Å²) in [5, 5.41) is 2.02. The molecule has 0 aromatic heterocycles. The standard InChI is InChI=1S/C15H18N2O4S3/c1-4-16-12(19)11(13(20)17(5-2)15(16)22)14-23-8-9(24-14)7-10(18)21-6-3/h8H,4-7H2,1-3H3. The van der Waals surface area contributed by atoms with Crippen molar-refractivity contribution in [1.82, 2.24) is 9.80 Å². The molecule has 9 heteroatoms. The van der Waals surface area contributed by atoms with Crippen molar-refractivity contribution in [3.8, 4) is 0 Å². The molecule has 24 heavy (non-hydrogen) atoms. The second-order valence-corrected chi connectivity index (χ2v) is 7.47. The number of rotatable bonds is 5. The maximum Gasteiger partial charge on any atom is 0.310 e. The molecule has 1 fully saturated rings. The maximum absolute atomic E-state index is 12.6. The third-order valence-electron chi connectivity index (χ3n) is 3.36. The highest BCUT2D eigenvalue weighted by molar-refractivity contribution is 8.28. The Kier molecular flexibility index (Phi) is 6.47. The number of likely N-dealkylation sites (N-methyl/N-ethyl adjacent to an activating group) is 2. The Labute approximate surface area is 154 Å². The molecule has 0 unspecified atom stereocenters. The largest absolute Gasteiger partial charge is 0.466 e. The van der Waals surface area contributed by atoms with Gasteiger partial charge in [0.25, 0.3) is 11.8 Å². The zero-order valence-electron chi connectivity index (χ0n) is 13.7. The molecular formula is C15H18N2O4S3. The summed E-state index contributed by atoms with van der Waals surface area (Å²) in [5.74, 6) is -1.08. The van der Waals surface area contributed by atoms with Crippen LogP contribution >= 0.6 is 35.7 Å². The molecule has 0 aromatic rings. The van der Waals surface area contributed by atoms with Crippen LogP contribution < -0.4 is 0 Å². The first kappa shape index (κ1) is 19.0. The molecule has 2 aliphatic heterocycles. The average Bonchev–Trinajstić information content (AvgIpc) is 2.96. The van der Waals surface area contributed by atoms with Gasteiger partial charge in [-0.25, -0.2) is 0 Å². The normalized spacial score (nSPS) is 18.5. The lowest BCUT2D eigenvalue weighted by atomic mass is 10.2. The van der Waals surface area contributed by atoms with Crippen LogP contribution in [0.15, 0.2) is 20.1 Å². The van der Waals surface area contributed by atoms with E-state index in [1.54, 1.807) is 12.3 Å². The van der Waals surface area contributed by atoms with Gasteiger partial charge < -0.3 is 4.74 Å².